The zero-order valence-electron chi connectivity index (χ0n) is 36.2. The van der Waals surface area contributed by atoms with Crippen LogP contribution in [0.15, 0.2) is 199 Å². The van der Waals surface area contributed by atoms with Gasteiger partial charge in [-0.2, -0.15) is 5.26 Å². The summed E-state index contributed by atoms with van der Waals surface area (Å²) in [5.74, 6) is 0.563. The number of anilines is 1. The van der Waals surface area contributed by atoms with Crippen molar-refractivity contribution in [2.45, 2.75) is 27.7 Å². The van der Waals surface area contributed by atoms with E-state index in [1.807, 2.05) is 142 Å². The van der Waals surface area contributed by atoms with Gasteiger partial charge in [0, 0.05) is 40.0 Å². The number of hydrogen-bond acceptors (Lipinski definition) is 4. The molecular weight excluding hydrogens is 997 g/mol. The second-order valence-electron chi connectivity index (χ2n) is 14.8. The third-order valence-corrected chi connectivity index (χ3v) is 13.2. The summed E-state index contributed by atoms with van der Waals surface area (Å²) in [6.45, 7) is 7.12. The second kappa shape index (κ2) is 24.2. The van der Waals surface area contributed by atoms with Gasteiger partial charge in [-0.15, -0.1) is 0 Å². The number of nitriles is 1. The van der Waals surface area contributed by atoms with Crippen LogP contribution in [0.1, 0.15) is 27.7 Å². The summed E-state index contributed by atoms with van der Waals surface area (Å²) >= 11 is 0. The molecule has 0 unspecified atom stereocenters. The van der Waals surface area contributed by atoms with Crippen LogP contribution in [0.3, 0.4) is 0 Å². The molecule has 2 aromatic heterocycles. The molecule has 0 bridgehead atoms. The van der Waals surface area contributed by atoms with E-state index in [-0.39, 0.29) is 30.9 Å². The van der Waals surface area contributed by atoms with Crippen LogP contribution in [0.5, 0.6) is 0 Å². The minimum absolute atomic E-state index is 0. The van der Waals surface area contributed by atoms with Crippen molar-refractivity contribution in [3.8, 4) is 6.07 Å². The molecule has 0 spiro atoms. The number of hydrogen-bond donors (Lipinski definition) is 2. The number of amides is 1. The van der Waals surface area contributed by atoms with E-state index in [0.29, 0.717) is 5.82 Å². The molecule has 0 atom stereocenters. The molecular formula is C50H47F6N4O2P3Ru. The van der Waals surface area contributed by atoms with E-state index < -0.39 is 29.1 Å². The first kappa shape index (κ1) is 54.7. The number of aromatic nitrogens is 2. The first-order chi connectivity index (χ1) is 30.6. The van der Waals surface area contributed by atoms with Crippen molar-refractivity contribution in [2.24, 2.45) is 5.41 Å². The van der Waals surface area contributed by atoms with Gasteiger partial charge in [-0.05, 0) is 50.9 Å². The van der Waals surface area contributed by atoms with Gasteiger partial charge in [-0.1, -0.05) is 191 Å². The van der Waals surface area contributed by atoms with E-state index in [0.717, 1.165) is 21.6 Å². The van der Waals surface area contributed by atoms with E-state index in [1.165, 1.54) is 28.1 Å². The molecule has 1 amide bonds. The van der Waals surface area contributed by atoms with Gasteiger partial charge in [0.2, 0.25) is 5.91 Å². The van der Waals surface area contributed by atoms with E-state index >= 15 is 0 Å². The quantitative estimate of drug-likeness (QED) is 0.0944. The van der Waals surface area contributed by atoms with Gasteiger partial charge in [0.1, 0.15) is 5.82 Å². The molecule has 1 aliphatic rings. The Hall–Kier alpha value is -5.61. The van der Waals surface area contributed by atoms with Gasteiger partial charge < -0.3 is 10.3 Å². The van der Waals surface area contributed by atoms with Crippen LogP contribution in [0, 0.1) is 23.2 Å². The van der Waals surface area contributed by atoms with Crippen molar-refractivity contribution in [3.05, 3.63) is 211 Å². The van der Waals surface area contributed by atoms with Crippen LogP contribution >= 0.6 is 23.7 Å². The van der Waals surface area contributed by atoms with Crippen molar-refractivity contribution in [1.29, 1.82) is 5.26 Å². The van der Waals surface area contributed by atoms with Gasteiger partial charge in [0.25, 0.3) is 5.56 Å². The number of fused-ring (bicyclic) bond motifs is 1. The minimum Gasteiger partial charge on any atom is -0.321 e. The maximum absolute atomic E-state index is 12.5. The Bertz CT molecular complexity index is 2670. The van der Waals surface area contributed by atoms with Crippen molar-refractivity contribution in [2.75, 3.05) is 5.32 Å². The summed E-state index contributed by atoms with van der Waals surface area (Å²) in [7, 11) is -12.2. The predicted octanol–water partition coefficient (Wildman–Crippen LogP) is 12.3. The van der Waals surface area contributed by atoms with E-state index in [9.17, 15) is 34.8 Å². The number of nitrogens with one attached hydrogen (secondary N) is 2. The van der Waals surface area contributed by atoms with E-state index in [4.69, 9.17) is 10.2 Å². The first-order valence-electron chi connectivity index (χ1n) is 19.9. The number of carbonyl (C=O) groups is 1. The Morgan fingerprint density at radius 3 is 1.41 bits per heavy atom. The van der Waals surface area contributed by atoms with Gasteiger partial charge in [-0.3, -0.25) is 9.59 Å². The largest absolute Gasteiger partial charge is 1.00 e. The van der Waals surface area contributed by atoms with Crippen LogP contribution in [-0.2, 0) is 24.3 Å². The third kappa shape index (κ3) is 19.9. The monoisotopic (exact) mass is 1040 g/mol. The van der Waals surface area contributed by atoms with Crippen molar-refractivity contribution in [1.82, 2.24) is 9.97 Å². The summed E-state index contributed by atoms with van der Waals surface area (Å²) in [6.07, 6.45) is 10.0. The number of carbonyl (C=O) groups excluding carboxylic acids is 1. The number of benzene rings is 5. The number of rotatable bonds is 7. The second-order valence-corrected chi connectivity index (χ2v) is 21.1. The average molecular weight is 1040 g/mol. The molecule has 16 heteroatoms. The smallest absolute Gasteiger partial charge is 0.321 e. The predicted molar refractivity (Wildman–Crippen MR) is 262 cm³/mol. The molecule has 1 aliphatic carbocycles. The molecule has 2 radical (unpaired) electrons. The van der Waals surface area contributed by atoms with Crippen LogP contribution in [0.4, 0.5) is 31.0 Å². The number of halogens is 6. The maximum Gasteiger partial charge on any atom is 1.00 e. The van der Waals surface area contributed by atoms with Crippen molar-refractivity contribution < 1.29 is 49.5 Å². The molecule has 0 fully saturated rings. The van der Waals surface area contributed by atoms with Crippen molar-refractivity contribution >= 4 is 78.2 Å². The van der Waals surface area contributed by atoms with Crippen molar-refractivity contribution in [3.63, 3.8) is 0 Å². The molecule has 8 rings (SSSR count). The number of nitrogens with zero attached hydrogens (tertiary/aromatic N) is 2. The van der Waals surface area contributed by atoms with Crippen LogP contribution in [0.25, 0.3) is 10.8 Å². The molecule has 2 N–H and O–H groups in total. The summed E-state index contributed by atoms with van der Waals surface area (Å²) in [5.41, 5.74) is 1.47. The minimum atomic E-state index is -10.7. The SMILES string of the molecule is CC#N.CC(C)(C)C(=O)Nc1cccc(P(c2ccccc2)c2ccccc2)n1.F[P-](F)(F)(F)(F)F.O=c1[nH]c(P(c2ccccc2)c2ccccc2)cc2ccccc12.[CH]1C=CC=C1.[Ru+]. The fourth-order valence-electron chi connectivity index (χ4n) is 5.71. The van der Waals surface area contributed by atoms with Gasteiger partial charge in [-0.25, -0.2) is 4.98 Å². The molecule has 0 aliphatic heterocycles. The Balaban J connectivity index is 0.000000265. The maximum atomic E-state index is 12.5. The Kier molecular flexibility index (Phi) is 20.1. The van der Waals surface area contributed by atoms with E-state index in [1.54, 1.807) is 6.07 Å². The molecule has 2 heterocycles. The van der Waals surface area contributed by atoms with Gasteiger partial charge in [0.05, 0.1) is 16.9 Å². The van der Waals surface area contributed by atoms with Gasteiger partial charge >= 0.3 is 52.5 Å². The summed E-state index contributed by atoms with van der Waals surface area (Å²) < 4.78 is 59.2. The number of pyridine rings is 2. The Morgan fingerprint density at radius 1 is 0.621 bits per heavy atom. The topological polar surface area (TPSA) is 98.6 Å². The number of aromatic amines is 1. The normalized spacial score (nSPS) is 12.4. The molecule has 7 aromatic rings. The zero-order valence-corrected chi connectivity index (χ0v) is 40.6. The summed E-state index contributed by atoms with van der Waals surface area (Å²) in [4.78, 5) is 32.7. The standard InChI is InChI=1S/C22H23N2OP.C21H16NOP.C5H5.C2H3N.F6P.Ru/c1-22(2,3)21(25)24-19-15-10-16-20(23-19)26(17-11-6-4-7-12-17)18-13-8-5-9-14-18;23-21-19-14-8-7-9-16(19)15-20(22-21)24(17-10-3-1-4-11-17)18-12-5-2-6-13-18;1-2-4-5-3-1;1-2-3;1-7(2,3,4,5)6;/h4-16H,1-3H3,(H,23,24,25);1-15H,(H,22,23);1-5H;1H3;;/q;;;;-1;+1. The van der Waals surface area contributed by atoms with Gasteiger partial charge in [0.15, 0.2) is 0 Å². The van der Waals surface area contributed by atoms with E-state index in [2.05, 4.69) is 89.2 Å². The molecule has 0 saturated heterocycles. The number of H-pyrrole nitrogens is 1. The third-order valence-electron chi connectivity index (χ3n) is 8.48. The fourth-order valence-corrected chi connectivity index (χ4v) is 10.2. The summed E-state index contributed by atoms with van der Waals surface area (Å²) in [5, 5.41) is 16.9. The molecule has 66 heavy (non-hydrogen) atoms. The first-order valence-corrected chi connectivity index (χ1v) is 24.6. The van der Waals surface area contributed by atoms with Crippen LogP contribution in [0.2, 0.25) is 0 Å². The molecule has 6 nitrogen and oxygen atoms in total. The Labute approximate surface area is 396 Å². The Morgan fingerprint density at radius 2 is 1.02 bits per heavy atom. The summed E-state index contributed by atoms with van der Waals surface area (Å²) in [6, 6.07) is 59.0. The average Bonchev–Trinajstić information content (AvgIpc) is 3.86. The van der Waals surface area contributed by atoms with Crippen LogP contribution in [-0.4, -0.2) is 15.9 Å². The fraction of sp³-hybridized carbons (Fsp3) is 0.100. The number of allylic oxidation sites excluding steroid dienone is 4. The molecule has 344 valence electrons. The molecule has 5 aromatic carbocycles. The zero-order chi connectivity index (χ0) is 47.6. The van der Waals surface area contributed by atoms with Crippen LogP contribution < -0.4 is 43.0 Å². The molecule has 0 saturated carbocycles.